The first-order chi connectivity index (χ1) is 10.0. The van der Waals surface area contributed by atoms with Crippen LogP contribution < -0.4 is 4.72 Å². The van der Waals surface area contributed by atoms with Crippen molar-refractivity contribution in [3.63, 3.8) is 0 Å². The summed E-state index contributed by atoms with van der Waals surface area (Å²) in [4.78, 5) is 0.271. The summed E-state index contributed by atoms with van der Waals surface area (Å²) in [6.07, 6.45) is 1.95. The zero-order chi connectivity index (χ0) is 15.3. The molecule has 0 unspecified atom stereocenters. The molecule has 2 rings (SSSR count). The lowest BCUT2D eigenvalue weighted by atomic mass is 10.2. The van der Waals surface area contributed by atoms with E-state index in [0.717, 1.165) is 18.4 Å². The molecule has 1 fully saturated rings. The molecule has 6 heteroatoms. The van der Waals surface area contributed by atoms with Crippen LogP contribution in [-0.4, -0.2) is 40.4 Å². The molecule has 21 heavy (non-hydrogen) atoms. The second-order valence-corrected chi connectivity index (χ2v) is 7.06. The maximum atomic E-state index is 12.4. The first-order valence-electron chi connectivity index (χ1n) is 7.31. The number of rotatable bonds is 9. The van der Waals surface area contributed by atoms with Crippen LogP contribution in [0.1, 0.15) is 25.3 Å². The molecule has 5 nitrogen and oxygen atoms in total. The van der Waals surface area contributed by atoms with Gasteiger partial charge < -0.3 is 9.47 Å². The van der Waals surface area contributed by atoms with Crippen LogP contribution in [0, 0.1) is 6.92 Å². The number of nitrogens with one attached hydrogen (secondary N) is 1. The van der Waals surface area contributed by atoms with Gasteiger partial charge in [0.15, 0.2) is 0 Å². The second-order valence-electron chi connectivity index (χ2n) is 5.34. The quantitative estimate of drug-likeness (QED) is 0.558. The van der Waals surface area contributed by atoms with Crippen molar-refractivity contribution in [2.75, 3.05) is 19.8 Å². The predicted octanol–water partition coefficient (Wildman–Crippen LogP) is 1.86. The Morgan fingerprint density at radius 3 is 2.62 bits per heavy atom. The highest BCUT2D eigenvalue weighted by atomic mass is 32.2. The molecule has 0 radical (unpaired) electrons. The monoisotopic (exact) mass is 313 g/mol. The summed E-state index contributed by atoms with van der Waals surface area (Å²) in [7, 11) is -3.53. The fourth-order valence-corrected chi connectivity index (χ4v) is 3.20. The highest BCUT2D eigenvalue weighted by Crippen LogP contribution is 2.18. The third-order valence-electron chi connectivity index (χ3n) is 3.39. The first-order valence-corrected chi connectivity index (χ1v) is 8.79. The van der Waals surface area contributed by atoms with Crippen LogP contribution in [0.5, 0.6) is 0 Å². The Balaban J connectivity index is 1.96. The number of benzene rings is 1. The van der Waals surface area contributed by atoms with E-state index in [9.17, 15) is 8.42 Å². The number of ether oxygens (including phenoxy) is 2. The van der Waals surface area contributed by atoms with Gasteiger partial charge in [0.05, 0.1) is 30.3 Å². The standard InChI is InChI=1S/C15H23NO4S/c1-3-4-9-19-10-14(15-11-20-15)16-21(17,18)13-7-5-12(2)6-8-13/h5-8,14-16H,3-4,9-11H2,1-2H3/t14-,15+/m1/s1. The molecular formula is C15H23NO4S. The Bertz CT molecular complexity index is 537. The van der Waals surface area contributed by atoms with Gasteiger partial charge in [-0.2, -0.15) is 0 Å². The van der Waals surface area contributed by atoms with E-state index < -0.39 is 10.0 Å². The van der Waals surface area contributed by atoms with Crippen molar-refractivity contribution >= 4 is 10.0 Å². The van der Waals surface area contributed by atoms with Gasteiger partial charge in [-0.05, 0) is 25.5 Å². The van der Waals surface area contributed by atoms with E-state index >= 15 is 0 Å². The number of epoxide rings is 1. The summed E-state index contributed by atoms with van der Waals surface area (Å²) < 4.78 is 38.1. The molecule has 1 heterocycles. The van der Waals surface area contributed by atoms with Crippen LogP contribution in [-0.2, 0) is 19.5 Å². The Morgan fingerprint density at radius 1 is 1.38 bits per heavy atom. The molecule has 1 saturated heterocycles. The highest BCUT2D eigenvalue weighted by Gasteiger charge is 2.36. The minimum atomic E-state index is -3.53. The van der Waals surface area contributed by atoms with Gasteiger partial charge in [-0.3, -0.25) is 0 Å². The van der Waals surface area contributed by atoms with Crippen LogP contribution in [0.2, 0.25) is 0 Å². The van der Waals surface area contributed by atoms with Gasteiger partial charge in [-0.15, -0.1) is 0 Å². The summed E-state index contributed by atoms with van der Waals surface area (Å²) in [5.41, 5.74) is 1.03. The van der Waals surface area contributed by atoms with Gasteiger partial charge in [0.2, 0.25) is 10.0 Å². The Morgan fingerprint density at radius 2 is 2.05 bits per heavy atom. The molecular weight excluding hydrogens is 290 g/mol. The Kier molecular flexibility index (Phi) is 5.75. The molecule has 0 aromatic heterocycles. The third kappa shape index (κ3) is 5.07. The summed E-state index contributed by atoms with van der Waals surface area (Å²) >= 11 is 0. The van der Waals surface area contributed by atoms with Crippen molar-refractivity contribution in [3.8, 4) is 0 Å². The van der Waals surface area contributed by atoms with E-state index in [0.29, 0.717) is 19.8 Å². The average Bonchev–Trinajstić information content (AvgIpc) is 3.27. The lowest BCUT2D eigenvalue weighted by Gasteiger charge is -2.17. The zero-order valence-electron chi connectivity index (χ0n) is 12.5. The maximum Gasteiger partial charge on any atom is 0.240 e. The molecule has 0 spiro atoms. The fraction of sp³-hybridized carbons (Fsp3) is 0.600. The lowest BCUT2D eigenvalue weighted by Crippen LogP contribution is -2.42. The van der Waals surface area contributed by atoms with E-state index in [1.807, 2.05) is 6.92 Å². The van der Waals surface area contributed by atoms with E-state index in [-0.39, 0.29) is 17.0 Å². The fourth-order valence-electron chi connectivity index (χ4n) is 1.95. The van der Waals surface area contributed by atoms with Gasteiger partial charge in [-0.25, -0.2) is 13.1 Å². The normalized spacial score (nSPS) is 19.4. The van der Waals surface area contributed by atoms with E-state index in [4.69, 9.17) is 9.47 Å². The molecule has 0 bridgehead atoms. The smallest absolute Gasteiger partial charge is 0.240 e. The molecule has 1 aromatic carbocycles. The van der Waals surface area contributed by atoms with Gasteiger partial charge in [0.1, 0.15) is 0 Å². The molecule has 1 aromatic rings. The number of hydrogen-bond acceptors (Lipinski definition) is 4. The van der Waals surface area contributed by atoms with Crippen molar-refractivity contribution in [3.05, 3.63) is 29.8 Å². The number of aryl methyl sites for hydroxylation is 1. The summed E-state index contributed by atoms with van der Waals surface area (Å²) in [5.74, 6) is 0. The van der Waals surface area contributed by atoms with Gasteiger partial charge >= 0.3 is 0 Å². The SMILES string of the molecule is CCCCOC[C@@H](NS(=O)(=O)c1ccc(C)cc1)[C@@H]1CO1. The van der Waals surface area contributed by atoms with Crippen molar-refractivity contribution in [2.45, 2.75) is 43.7 Å². The first kappa shape index (κ1) is 16.4. The van der Waals surface area contributed by atoms with E-state index in [1.54, 1.807) is 24.3 Å². The molecule has 1 aliphatic heterocycles. The molecule has 2 atom stereocenters. The third-order valence-corrected chi connectivity index (χ3v) is 4.89. The molecule has 0 saturated carbocycles. The van der Waals surface area contributed by atoms with Crippen molar-refractivity contribution in [1.29, 1.82) is 0 Å². The van der Waals surface area contributed by atoms with Gasteiger partial charge in [0.25, 0.3) is 0 Å². The van der Waals surface area contributed by atoms with Crippen molar-refractivity contribution < 1.29 is 17.9 Å². The second kappa shape index (κ2) is 7.35. The van der Waals surface area contributed by atoms with Crippen molar-refractivity contribution in [2.24, 2.45) is 0 Å². The van der Waals surface area contributed by atoms with Crippen LogP contribution >= 0.6 is 0 Å². The molecule has 118 valence electrons. The topological polar surface area (TPSA) is 67.9 Å². The minimum absolute atomic E-state index is 0.0770. The van der Waals surface area contributed by atoms with Crippen LogP contribution in [0.3, 0.4) is 0 Å². The lowest BCUT2D eigenvalue weighted by molar-refractivity contribution is 0.106. The van der Waals surface area contributed by atoms with Crippen LogP contribution in [0.4, 0.5) is 0 Å². The zero-order valence-corrected chi connectivity index (χ0v) is 13.4. The largest absolute Gasteiger partial charge is 0.380 e. The summed E-state index contributed by atoms with van der Waals surface area (Å²) in [6, 6.07) is 6.47. The van der Waals surface area contributed by atoms with Crippen LogP contribution in [0.25, 0.3) is 0 Å². The van der Waals surface area contributed by atoms with Gasteiger partial charge in [-0.1, -0.05) is 31.0 Å². The Hall–Kier alpha value is -0.950. The number of hydrogen-bond donors (Lipinski definition) is 1. The molecule has 1 aliphatic rings. The minimum Gasteiger partial charge on any atom is -0.380 e. The van der Waals surface area contributed by atoms with Gasteiger partial charge in [0, 0.05) is 6.61 Å². The highest BCUT2D eigenvalue weighted by molar-refractivity contribution is 7.89. The maximum absolute atomic E-state index is 12.4. The number of sulfonamides is 1. The number of unbranched alkanes of at least 4 members (excludes halogenated alkanes) is 1. The van der Waals surface area contributed by atoms with Crippen molar-refractivity contribution in [1.82, 2.24) is 4.72 Å². The predicted molar refractivity (Wildman–Crippen MR) is 80.8 cm³/mol. The summed E-state index contributed by atoms with van der Waals surface area (Å²) in [5, 5.41) is 0. The van der Waals surface area contributed by atoms with E-state index in [2.05, 4.69) is 11.6 Å². The van der Waals surface area contributed by atoms with Crippen LogP contribution in [0.15, 0.2) is 29.2 Å². The summed E-state index contributed by atoms with van der Waals surface area (Å²) in [6.45, 7) is 5.58. The van der Waals surface area contributed by atoms with E-state index in [1.165, 1.54) is 0 Å². The molecule has 1 N–H and O–H groups in total. The molecule has 0 aliphatic carbocycles. The molecule has 0 amide bonds. The Labute approximate surface area is 126 Å². The average molecular weight is 313 g/mol.